The van der Waals surface area contributed by atoms with E-state index in [1.165, 1.54) is 14.2 Å². The van der Waals surface area contributed by atoms with Crippen LogP contribution in [-0.2, 0) is 14.3 Å². The molecule has 8 nitrogen and oxygen atoms in total. The number of imide groups is 1. The maximum absolute atomic E-state index is 12.6. The van der Waals surface area contributed by atoms with Gasteiger partial charge in [0.05, 0.1) is 25.2 Å². The van der Waals surface area contributed by atoms with Crippen LogP contribution in [0, 0.1) is 0 Å². The van der Waals surface area contributed by atoms with Crippen LogP contribution in [0.25, 0.3) is 6.08 Å². The van der Waals surface area contributed by atoms with E-state index in [2.05, 4.69) is 5.32 Å². The van der Waals surface area contributed by atoms with Crippen molar-refractivity contribution in [2.45, 2.75) is 18.9 Å². The summed E-state index contributed by atoms with van der Waals surface area (Å²) < 4.78 is 15.9. The number of hydrogen-bond acceptors (Lipinski definition) is 7. The topological polar surface area (TPSA) is 94.2 Å². The number of carbonyl (C=O) groups excluding carboxylic acids is 3. The van der Waals surface area contributed by atoms with Gasteiger partial charge in [0, 0.05) is 18.7 Å². The Kier molecular flexibility index (Phi) is 6.58. The third kappa shape index (κ3) is 4.66. The van der Waals surface area contributed by atoms with Gasteiger partial charge in [0.2, 0.25) is 5.91 Å². The van der Waals surface area contributed by atoms with E-state index in [-0.39, 0.29) is 17.6 Å². The Bertz CT molecular complexity index is 804. The summed E-state index contributed by atoms with van der Waals surface area (Å²) in [6.07, 6.45) is 3.44. The Morgan fingerprint density at radius 2 is 2.18 bits per heavy atom. The van der Waals surface area contributed by atoms with Crippen molar-refractivity contribution in [3.63, 3.8) is 0 Å². The first-order valence-electron chi connectivity index (χ1n) is 8.87. The zero-order valence-corrected chi connectivity index (χ0v) is 16.5. The van der Waals surface area contributed by atoms with Gasteiger partial charge in [-0.1, -0.05) is 0 Å². The molecule has 28 heavy (non-hydrogen) atoms. The minimum atomic E-state index is -0.507. The largest absolute Gasteiger partial charge is 0.497 e. The fourth-order valence-electron chi connectivity index (χ4n) is 2.96. The zero-order valence-electron chi connectivity index (χ0n) is 15.7. The number of thioether (sulfide) groups is 1. The lowest BCUT2D eigenvalue weighted by Gasteiger charge is -2.14. The van der Waals surface area contributed by atoms with E-state index in [0.29, 0.717) is 30.2 Å². The molecule has 2 heterocycles. The number of nitrogens with zero attached hydrogens (tertiary/aromatic N) is 1. The smallest absolute Gasteiger partial charge is 0.294 e. The van der Waals surface area contributed by atoms with E-state index < -0.39 is 17.1 Å². The minimum Gasteiger partial charge on any atom is -0.497 e. The quantitative estimate of drug-likeness (QED) is 0.693. The van der Waals surface area contributed by atoms with Gasteiger partial charge in [-0.05, 0) is 48.9 Å². The lowest BCUT2D eigenvalue weighted by atomic mass is 10.1. The molecule has 2 saturated heterocycles. The van der Waals surface area contributed by atoms with Gasteiger partial charge in [0.1, 0.15) is 18.0 Å². The minimum absolute atomic E-state index is 0.000659. The fourth-order valence-corrected chi connectivity index (χ4v) is 3.79. The van der Waals surface area contributed by atoms with Crippen LogP contribution >= 0.6 is 11.8 Å². The summed E-state index contributed by atoms with van der Waals surface area (Å²) >= 11 is 0.792. The fraction of sp³-hybridized carbons (Fsp3) is 0.421. The van der Waals surface area contributed by atoms with Crippen molar-refractivity contribution in [2.24, 2.45) is 0 Å². The third-order valence-electron chi connectivity index (χ3n) is 4.45. The SMILES string of the molecule is COc1ccc(OC)c(/C=C2\SC(=O)N(CC(=O)NC[C@@H]3CCCO3)C2=O)c1. The van der Waals surface area contributed by atoms with E-state index in [9.17, 15) is 14.4 Å². The molecule has 1 aromatic rings. The highest BCUT2D eigenvalue weighted by Gasteiger charge is 2.36. The normalized spacial score (nSPS) is 20.7. The predicted molar refractivity (Wildman–Crippen MR) is 104 cm³/mol. The average Bonchev–Trinajstić information content (AvgIpc) is 3.30. The molecule has 0 aliphatic carbocycles. The summed E-state index contributed by atoms with van der Waals surface area (Å²) in [6.45, 7) is 0.762. The van der Waals surface area contributed by atoms with Crippen LogP contribution < -0.4 is 14.8 Å². The monoisotopic (exact) mass is 406 g/mol. The first-order valence-corrected chi connectivity index (χ1v) is 9.69. The van der Waals surface area contributed by atoms with Crippen LogP contribution in [0.2, 0.25) is 0 Å². The molecule has 3 rings (SSSR count). The molecular weight excluding hydrogens is 384 g/mol. The molecule has 150 valence electrons. The Morgan fingerprint density at radius 3 is 2.86 bits per heavy atom. The predicted octanol–water partition coefficient (Wildman–Crippen LogP) is 2.04. The third-order valence-corrected chi connectivity index (χ3v) is 5.36. The molecule has 0 aromatic heterocycles. The molecule has 0 unspecified atom stereocenters. The molecule has 2 aliphatic heterocycles. The van der Waals surface area contributed by atoms with Crippen LogP contribution in [0.15, 0.2) is 23.1 Å². The second-order valence-electron chi connectivity index (χ2n) is 6.31. The van der Waals surface area contributed by atoms with Crippen molar-refractivity contribution < 1.29 is 28.6 Å². The summed E-state index contributed by atoms with van der Waals surface area (Å²) in [5.41, 5.74) is 0.607. The standard InChI is InChI=1S/C19H22N2O6S/c1-25-13-5-6-15(26-2)12(8-13)9-16-18(23)21(19(24)28-16)11-17(22)20-10-14-4-3-7-27-14/h5-6,8-9,14H,3-4,7,10-11H2,1-2H3,(H,20,22)/b16-9-/t14-/m0/s1. The molecule has 1 aromatic carbocycles. The summed E-state index contributed by atoms with van der Waals surface area (Å²) in [7, 11) is 3.05. The second kappa shape index (κ2) is 9.11. The Balaban J connectivity index is 1.67. The van der Waals surface area contributed by atoms with Gasteiger partial charge in [-0.15, -0.1) is 0 Å². The number of amides is 3. The van der Waals surface area contributed by atoms with E-state index in [0.717, 1.165) is 29.5 Å². The zero-order chi connectivity index (χ0) is 20.1. The van der Waals surface area contributed by atoms with Crippen LogP contribution in [0.3, 0.4) is 0 Å². The van der Waals surface area contributed by atoms with Crippen LogP contribution in [0.4, 0.5) is 4.79 Å². The van der Waals surface area contributed by atoms with Crippen LogP contribution in [0.1, 0.15) is 18.4 Å². The maximum Gasteiger partial charge on any atom is 0.294 e. The van der Waals surface area contributed by atoms with Gasteiger partial charge in [-0.3, -0.25) is 19.3 Å². The maximum atomic E-state index is 12.6. The number of ether oxygens (including phenoxy) is 3. The summed E-state index contributed by atoms with van der Waals surface area (Å²) in [6, 6.07) is 5.16. The van der Waals surface area contributed by atoms with Crippen molar-refractivity contribution in [1.29, 1.82) is 0 Å². The molecule has 0 saturated carbocycles. The average molecular weight is 406 g/mol. The Morgan fingerprint density at radius 1 is 1.36 bits per heavy atom. The summed E-state index contributed by atoms with van der Waals surface area (Å²) in [5, 5.41) is 2.23. The van der Waals surface area contributed by atoms with E-state index in [4.69, 9.17) is 14.2 Å². The summed E-state index contributed by atoms with van der Waals surface area (Å²) in [5.74, 6) is 0.242. The number of carbonyl (C=O) groups is 3. The second-order valence-corrected chi connectivity index (χ2v) is 7.31. The molecule has 3 amide bonds. The highest BCUT2D eigenvalue weighted by atomic mass is 32.2. The molecule has 1 N–H and O–H groups in total. The highest BCUT2D eigenvalue weighted by molar-refractivity contribution is 8.18. The first kappa shape index (κ1) is 20.2. The number of benzene rings is 1. The number of methoxy groups -OCH3 is 2. The van der Waals surface area contributed by atoms with E-state index in [1.54, 1.807) is 24.3 Å². The van der Waals surface area contributed by atoms with Crippen molar-refractivity contribution in [1.82, 2.24) is 10.2 Å². The lowest BCUT2D eigenvalue weighted by molar-refractivity contribution is -0.129. The molecule has 2 aliphatic rings. The molecule has 0 radical (unpaired) electrons. The van der Waals surface area contributed by atoms with Gasteiger partial charge in [0.25, 0.3) is 11.1 Å². The first-order chi connectivity index (χ1) is 13.5. The van der Waals surface area contributed by atoms with Gasteiger partial charge >= 0.3 is 0 Å². The van der Waals surface area contributed by atoms with Gasteiger partial charge < -0.3 is 19.5 Å². The summed E-state index contributed by atoms with van der Waals surface area (Å²) in [4.78, 5) is 38.1. The van der Waals surface area contributed by atoms with Crippen LogP contribution in [-0.4, -0.2) is 62.0 Å². The Hall–Kier alpha value is -2.52. The van der Waals surface area contributed by atoms with Crippen LogP contribution in [0.5, 0.6) is 11.5 Å². The number of rotatable bonds is 7. The van der Waals surface area contributed by atoms with Crippen molar-refractivity contribution in [3.8, 4) is 11.5 Å². The van der Waals surface area contributed by atoms with Crippen molar-refractivity contribution in [3.05, 3.63) is 28.7 Å². The van der Waals surface area contributed by atoms with Gasteiger partial charge in [-0.2, -0.15) is 0 Å². The van der Waals surface area contributed by atoms with Crippen molar-refractivity contribution >= 4 is 34.9 Å². The molecular formula is C19H22N2O6S. The molecule has 0 spiro atoms. The lowest BCUT2D eigenvalue weighted by Crippen LogP contribution is -2.41. The molecule has 0 bridgehead atoms. The van der Waals surface area contributed by atoms with Crippen molar-refractivity contribution in [2.75, 3.05) is 33.9 Å². The Labute approximate surface area is 167 Å². The highest BCUT2D eigenvalue weighted by Crippen LogP contribution is 2.34. The molecule has 9 heteroatoms. The van der Waals surface area contributed by atoms with E-state index >= 15 is 0 Å². The van der Waals surface area contributed by atoms with Gasteiger partial charge in [-0.25, -0.2) is 0 Å². The molecule has 2 fully saturated rings. The number of hydrogen-bond donors (Lipinski definition) is 1. The van der Waals surface area contributed by atoms with E-state index in [1.807, 2.05) is 0 Å². The number of nitrogens with one attached hydrogen (secondary N) is 1. The van der Waals surface area contributed by atoms with Gasteiger partial charge in [0.15, 0.2) is 0 Å². The molecule has 1 atom stereocenters.